The van der Waals surface area contributed by atoms with E-state index in [0.29, 0.717) is 12.3 Å². The van der Waals surface area contributed by atoms with E-state index in [1.807, 2.05) is 24.3 Å². The smallest absolute Gasteiger partial charge is 0.123 e. The van der Waals surface area contributed by atoms with Gasteiger partial charge in [-0.05, 0) is 42.2 Å². The lowest BCUT2D eigenvalue weighted by Crippen LogP contribution is -2.36. The maximum absolute atomic E-state index is 13.3. The molecule has 4 heteroatoms. The van der Waals surface area contributed by atoms with Gasteiger partial charge < -0.3 is 10.1 Å². The molecule has 2 aliphatic heterocycles. The first-order valence-electron chi connectivity index (χ1n) is 8.39. The zero-order valence-electron chi connectivity index (χ0n) is 13.3. The van der Waals surface area contributed by atoms with E-state index in [9.17, 15) is 4.39 Å². The summed E-state index contributed by atoms with van der Waals surface area (Å²) in [4.78, 5) is 0. The zero-order valence-corrected chi connectivity index (χ0v) is 13.3. The summed E-state index contributed by atoms with van der Waals surface area (Å²) in [6.45, 7) is 0.763. The monoisotopic (exact) mass is 322 g/mol. The van der Waals surface area contributed by atoms with Crippen molar-refractivity contribution in [1.29, 1.82) is 5.26 Å². The van der Waals surface area contributed by atoms with Crippen LogP contribution in [-0.2, 0) is 11.2 Å². The Morgan fingerprint density at radius 3 is 2.83 bits per heavy atom. The van der Waals surface area contributed by atoms with Crippen LogP contribution >= 0.6 is 0 Å². The molecule has 0 amide bonds. The Morgan fingerprint density at radius 2 is 2.04 bits per heavy atom. The highest BCUT2D eigenvalue weighted by Crippen LogP contribution is 2.49. The molecule has 24 heavy (non-hydrogen) atoms. The molecule has 1 N–H and O–H groups in total. The molecule has 2 aromatic rings. The lowest BCUT2D eigenvalue weighted by atomic mass is 9.77. The van der Waals surface area contributed by atoms with E-state index >= 15 is 0 Å². The highest BCUT2D eigenvalue weighted by molar-refractivity contribution is 5.58. The fraction of sp³-hybridized carbons (Fsp3) is 0.350. The maximum Gasteiger partial charge on any atom is 0.123 e. The number of nitriles is 1. The first-order valence-corrected chi connectivity index (χ1v) is 8.39. The van der Waals surface area contributed by atoms with Gasteiger partial charge in [-0.3, -0.25) is 0 Å². The van der Waals surface area contributed by atoms with Crippen molar-refractivity contribution in [3.05, 3.63) is 65.0 Å². The number of halogens is 1. The van der Waals surface area contributed by atoms with E-state index < -0.39 is 0 Å². The number of anilines is 1. The molecule has 0 aliphatic carbocycles. The van der Waals surface area contributed by atoms with Gasteiger partial charge in [-0.25, -0.2) is 4.39 Å². The Balaban J connectivity index is 1.74. The summed E-state index contributed by atoms with van der Waals surface area (Å²) in [6.07, 6.45) is 2.55. The quantitative estimate of drug-likeness (QED) is 0.884. The van der Waals surface area contributed by atoms with Crippen LogP contribution in [0.5, 0.6) is 0 Å². The van der Waals surface area contributed by atoms with E-state index in [2.05, 4.69) is 17.5 Å². The Bertz CT molecular complexity index is 781. The van der Waals surface area contributed by atoms with E-state index in [-0.39, 0.29) is 18.0 Å². The normalized spacial score (nSPS) is 25.1. The van der Waals surface area contributed by atoms with E-state index in [0.717, 1.165) is 41.8 Å². The topological polar surface area (TPSA) is 45.0 Å². The fourth-order valence-electron chi connectivity index (χ4n) is 3.92. The zero-order chi connectivity index (χ0) is 16.5. The average molecular weight is 322 g/mol. The molecule has 2 aromatic carbocycles. The molecule has 2 heterocycles. The van der Waals surface area contributed by atoms with Crippen molar-refractivity contribution in [2.24, 2.45) is 5.92 Å². The van der Waals surface area contributed by atoms with Crippen LogP contribution in [0.4, 0.5) is 10.1 Å². The van der Waals surface area contributed by atoms with Gasteiger partial charge in [-0.2, -0.15) is 5.26 Å². The number of hydrogen-bond acceptors (Lipinski definition) is 3. The summed E-state index contributed by atoms with van der Waals surface area (Å²) in [5.41, 5.74) is 4.30. The van der Waals surface area contributed by atoms with Gasteiger partial charge in [0.25, 0.3) is 0 Å². The molecule has 0 bridgehead atoms. The molecule has 0 radical (unpaired) electrons. The molecule has 0 aromatic heterocycles. The van der Waals surface area contributed by atoms with Crippen molar-refractivity contribution in [2.75, 3.05) is 11.9 Å². The van der Waals surface area contributed by atoms with Gasteiger partial charge in [0.05, 0.1) is 24.6 Å². The Labute approximate surface area is 141 Å². The number of nitrogens with one attached hydrogen (secondary N) is 1. The number of hydrogen-bond donors (Lipinski definition) is 1. The maximum atomic E-state index is 13.3. The molecular weight excluding hydrogens is 303 g/mol. The van der Waals surface area contributed by atoms with Crippen molar-refractivity contribution >= 4 is 5.69 Å². The summed E-state index contributed by atoms with van der Waals surface area (Å²) in [7, 11) is 0. The third-order valence-corrected chi connectivity index (χ3v) is 5.04. The van der Waals surface area contributed by atoms with E-state index in [4.69, 9.17) is 10.00 Å². The van der Waals surface area contributed by atoms with E-state index in [1.54, 1.807) is 0 Å². The molecule has 0 saturated carbocycles. The lowest BCUT2D eigenvalue weighted by molar-refractivity contribution is -0.0381. The van der Waals surface area contributed by atoms with E-state index in [1.165, 1.54) is 12.1 Å². The average Bonchev–Trinajstić information content (AvgIpc) is 2.62. The summed E-state index contributed by atoms with van der Waals surface area (Å²) < 4.78 is 19.4. The van der Waals surface area contributed by atoms with Gasteiger partial charge in [-0.1, -0.05) is 24.3 Å². The second-order valence-corrected chi connectivity index (χ2v) is 6.53. The predicted octanol–water partition coefficient (Wildman–Crippen LogP) is 4.53. The highest BCUT2D eigenvalue weighted by Gasteiger charge is 2.39. The van der Waals surface area contributed by atoms with Crippen LogP contribution in [0.15, 0.2) is 42.5 Å². The molecule has 4 rings (SSSR count). The predicted molar refractivity (Wildman–Crippen MR) is 89.9 cm³/mol. The molecule has 3 nitrogen and oxygen atoms in total. The molecule has 122 valence electrons. The van der Waals surface area contributed by atoms with Gasteiger partial charge >= 0.3 is 0 Å². The highest BCUT2D eigenvalue weighted by atomic mass is 19.1. The van der Waals surface area contributed by atoms with Crippen molar-refractivity contribution < 1.29 is 9.13 Å². The number of ether oxygens (including phenoxy) is 1. The number of rotatable bonds is 2. The third-order valence-electron chi connectivity index (χ3n) is 5.04. The van der Waals surface area contributed by atoms with Gasteiger partial charge in [0.2, 0.25) is 0 Å². The largest absolute Gasteiger partial charge is 0.378 e. The minimum absolute atomic E-state index is 0.0312. The Hall–Kier alpha value is -2.38. The number of fused-ring (bicyclic) bond motifs is 3. The van der Waals surface area contributed by atoms with Gasteiger partial charge in [0.1, 0.15) is 5.82 Å². The third kappa shape index (κ3) is 2.65. The Kier molecular flexibility index (Phi) is 3.95. The first-order chi connectivity index (χ1) is 11.8. The Morgan fingerprint density at radius 1 is 1.21 bits per heavy atom. The molecule has 0 spiro atoms. The molecule has 1 fully saturated rings. The van der Waals surface area contributed by atoms with Crippen LogP contribution < -0.4 is 5.32 Å². The lowest BCUT2D eigenvalue weighted by Gasteiger charge is -2.43. The molecule has 3 unspecified atom stereocenters. The van der Waals surface area contributed by atoms with Crippen LogP contribution in [0, 0.1) is 23.1 Å². The van der Waals surface area contributed by atoms with Crippen LogP contribution in [0.2, 0.25) is 0 Å². The van der Waals surface area contributed by atoms with Gasteiger partial charge in [0.15, 0.2) is 0 Å². The second-order valence-electron chi connectivity index (χ2n) is 6.53. The molecule has 3 atom stereocenters. The van der Waals surface area contributed by atoms with Gasteiger partial charge in [-0.15, -0.1) is 0 Å². The summed E-state index contributed by atoms with van der Waals surface area (Å²) in [6, 6.07) is 15.2. The van der Waals surface area contributed by atoms with Crippen LogP contribution in [0.25, 0.3) is 0 Å². The fourth-order valence-corrected chi connectivity index (χ4v) is 3.92. The SMILES string of the molecule is N#CCc1ccc2c(c1)C1OCCCC1C(c1ccc(F)cc1)N2. The van der Waals surface area contributed by atoms with Crippen molar-refractivity contribution in [1.82, 2.24) is 0 Å². The van der Waals surface area contributed by atoms with Crippen molar-refractivity contribution in [3.8, 4) is 6.07 Å². The van der Waals surface area contributed by atoms with Crippen molar-refractivity contribution in [3.63, 3.8) is 0 Å². The molecular formula is C20H19FN2O. The number of nitrogens with zero attached hydrogens (tertiary/aromatic N) is 1. The second kappa shape index (κ2) is 6.26. The standard InChI is InChI=1S/C20H19FN2O/c21-15-6-4-14(5-7-15)19-16-2-1-11-24-20(16)17-12-13(9-10-22)3-8-18(17)23-19/h3-8,12,16,19-20,23H,1-2,9,11H2. The minimum atomic E-state index is -0.215. The minimum Gasteiger partial charge on any atom is -0.378 e. The molecule has 1 saturated heterocycles. The van der Waals surface area contributed by atoms with Gasteiger partial charge in [0, 0.05) is 23.8 Å². The summed E-state index contributed by atoms with van der Waals surface area (Å²) in [5.74, 6) is 0.0987. The van der Waals surface area contributed by atoms with Crippen LogP contribution in [-0.4, -0.2) is 6.61 Å². The van der Waals surface area contributed by atoms with Crippen LogP contribution in [0.3, 0.4) is 0 Å². The number of benzene rings is 2. The summed E-state index contributed by atoms with van der Waals surface area (Å²) >= 11 is 0. The first kappa shape index (κ1) is 15.2. The summed E-state index contributed by atoms with van der Waals surface area (Å²) in [5, 5.41) is 12.6. The molecule has 2 aliphatic rings. The van der Waals surface area contributed by atoms with Crippen molar-refractivity contribution in [2.45, 2.75) is 31.4 Å². The van der Waals surface area contributed by atoms with Crippen LogP contribution in [0.1, 0.15) is 41.7 Å².